The van der Waals surface area contributed by atoms with Crippen molar-refractivity contribution in [1.29, 1.82) is 0 Å². The first-order valence-electron chi connectivity index (χ1n) is 9.00. The maximum Gasteiger partial charge on any atom is 0.284 e. The molecule has 0 saturated carbocycles. The van der Waals surface area contributed by atoms with Crippen LogP contribution in [0.5, 0.6) is 0 Å². The van der Waals surface area contributed by atoms with E-state index in [-0.39, 0.29) is 24.6 Å². The van der Waals surface area contributed by atoms with Gasteiger partial charge in [-0.05, 0) is 43.5 Å². The molecule has 0 aliphatic heterocycles. The molecule has 0 aliphatic rings. The molecule has 7 heteroatoms. The Morgan fingerprint density at radius 1 is 1.07 bits per heavy atom. The highest BCUT2D eigenvalue weighted by Crippen LogP contribution is 2.28. The van der Waals surface area contributed by atoms with Crippen LogP contribution in [0.2, 0.25) is 0 Å². The Morgan fingerprint density at radius 2 is 1.69 bits per heavy atom. The van der Waals surface area contributed by atoms with Crippen molar-refractivity contribution in [3.8, 4) is 0 Å². The zero-order chi connectivity index (χ0) is 20.9. The van der Waals surface area contributed by atoms with Gasteiger partial charge in [0.15, 0.2) is 5.78 Å². The van der Waals surface area contributed by atoms with E-state index in [0.29, 0.717) is 11.1 Å². The van der Waals surface area contributed by atoms with Gasteiger partial charge >= 0.3 is 0 Å². The maximum absolute atomic E-state index is 12.7. The third-order valence-corrected chi connectivity index (χ3v) is 5.46. The van der Waals surface area contributed by atoms with Crippen LogP contribution in [0, 0.1) is 0 Å². The number of benzene rings is 2. The molecule has 156 valence electrons. The second-order valence-electron chi connectivity index (χ2n) is 7.12. The van der Waals surface area contributed by atoms with Crippen LogP contribution in [0.1, 0.15) is 59.0 Å². The predicted molar refractivity (Wildman–Crippen MR) is 122 cm³/mol. The minimum Gasteiger partial charge on any atom is -0.294 e. The van der Waals surface area contributed by atoms with Gasteiger partial charge in [0.1, 0.15) is 0 Å². The molecule has 2 rings (SSSR count). The molecule has 0 saturated heterocycles. The van der Waals surface area contributed by atoms with Crippen LogP contribution in [0.15, 0.2) is 55.1 Å². The first-order chi connectivity index (χ1) is 13.2. The summed E-state index contributed by atoms with van der Waals surface area (Å²) in [5.74, 6) is -0.572. The van der Waals surface area contributed by atoms with E-state index in [0.717, 1.165) is 26.6 Å². The van der Waals surface area contributed by atoms with Crippen molar-refractivity contribution in [2.75, 3.05) is 0 Å². The van der Waals surface area contributed by atoms with Crippen LogP contribution < -0.4 is 0 Å². The summed E-state index contributed by atoms with van der Waals surface area (Å²) in [6.07, 6.45) is 2.64. The fraction of sp³-hybridized carbons (Fsp3) is 0.273. The van der Waals surface area contributed by atoms with Crippen LogP contribution >= 0.6 is 36.0 Å². The molecule has 2 aromatic rings. The fourth-order valence-corrected chi connectivity index (χ4v) is 3.14. The number of carbonyl (C=O) groups excluding carboxylic acids is 2. The zero-order valence-corrected chi connectivity index (χ0v) is 19.0. The van der Waals surface area contributed by atoms with Gasteiger partial charge in [0.25, 0.3) is 5.91 Å². The van der Waals surface area contributed by atoms with Crippen molar-refractivity contribution in [2.24, 2.45) is 0 Å². The number of nitrogens with zero attached hydrogens (tertiary/aromatic N) is 2. The lowest BCUT2D eigenvalue weighted by Crippen LogP contribution is -2.48. The number of aryl methyl sites for hydroxylation is 1. The highest BCUT2D eigenvalue weighted by Gasteiger charge is 2.35. The van der Waals surface area contributed by atoms with Crippen molar-refractivity contribution < 1.29 is 9.59 Å². The van der Waals surface area contributed by atoms with E-state index in [4.69, 9.17) is 23.6 Å². The molecule has 0 aromatic heterocycles. The second kappa shape index (κ2) is 10.8. The zero-order valence-electron chi connectivity index (χ0n) is 16.7. The third kappa shape index (κ3) is 6.31. The van der Waals surface area contributed by atoms with Gasteiger partial charge in [0.2, 0.25) is 0 Å². The molecule has 0 unspecified atom stereocenters. The van der Waals surface area contributed by atoms with Gasteiger partial charge in [-0.3, -0.25) is 9.59 Å². The molecule has 0 fully saturated rings. The van der Waals surface area contributed by atoms with Crippen molar-refractivity contribution in [2.45, 2.75) is 39.2 Å². The summed E-state index contributed by atoms with van der Waals surface area (Å²) in [6, 6.07) is 14.4. The van der Waals surface area contributed by atoms with Gasteiger partial charge in [-0.2, -0.15) is 4.53 Å². The number of hydrogen-bond donors (Lipinski definition) is 0. The van der Waals surface area contributed by atoms with Crippen LogP contribution in [-0.2, 0) is 6.42 Å². The Morgan fingerprint density at radius 3 is 2.24 bits per heavy atom. The van der Waals surface area contributed by atoms with E-state index in [1.54, 1.807) is 50.3 Å². The third-order valence-electron chi connectivity index (χ3n) is 4.47. The normalized spacial score (nSPS) is 11.0. The monoisotopic (exact) mass is 454 g/mol. The number of amides is 1. The minimum atomic E-state index is -0.893. The quantitative estimate of drug-likeness (QED) is 0.265. The van der Waals surface area contributed by atoms with E-state index in [1.165, 1.54) is 0 Å². The lowest BCUT2D eigenvalue weighted by Gasteiger charge is -2.35. The largest absolute Gasteiger partial charge is 0.294 e. The number of hydrazine groups is 1. The summed E-state index contributed by atoms with van der Waals surface area (Å²) in [5.41, 5.74) is 2.03. The number of Topliss-reactive ketones (excluding diaryl/α,β-unsaturated/α-hetero) is 1. The lowest BCUT2D eigenvalue weighted by molar-refractivity contribution is 0.0374. The summed E-state index contributed by atoms with van der Waals surface area (Å²) in [7, 11) is 0. The van der Waals surface area contributed by atoms with E-state index >= 15 is 0 Å². The topological polar surface area (TPSA) is 40.6 Å². The number of carbonyl (C=O) groups is 2. The molecule has 0 aliphatic carbocycles. The molecule has 4 nitrogen and oxygen atoms in total. The van der Waals surface area contributed by atoms with Gasteiger partial charge in [0.05, 0.1) is 5.54 Å². The lowest BCUT2D eigenvalue weighted by atomic mass is 9.94. The number of hydrogen-bond acceptors (Lipinski definition) is 3. The van der Waals surface area contributed by atoms with Gasteiger partial charge in [-0.15, -0.1) is 16.9 Å². The maximum atomic E-state index is 12.7. The molecular formula is C22H25Cl3N2O2. The summed E-state index contributed by atoms with van der Waals surface area (Å²) in [6.45, 7) is 9.25. The second-order valence-corrected chi connectivity index (χ2v) is 7.76. The molecule has 0 N–H and O–H groups in total. The van der Waals surface area contributed by atoms with Crippen LogP contribution in [0.3, 0.4) is 0 Å². The van der Waals surface area contributed by atoms with Crippen LogP contribution in [0.25, 0.3) is 6.08 Å². The number of rotatable bonds is 8. The molecule has 2 aromatic carbocycles. The van der Waals surface area contributed by atoms with Gasteiger partial charge < -0.3 is 0 Å². The first-order valence-corrected chi connectivity index (χ1v) is 9.68. The molecular weight excluding hydrogens is 431 g/mol. The molecule has 0 atom stereocenters. The minimum absolute atomic E-state index is 0. The number of ketones is 1. The SMILES string of the molecule is C=Cc1cccc(C(=O)N(Cl)N(Cl)C(C)(C)CC(=O)c2ccc(CC)cc2)c1.Cl. The van der Waals surface area contributed by atoms with Gasteiger partial charge in [-0.25, -0.2) is 0 Å². The Balaban J connectivity index is 0.00000420. The van der Waals surface area contributed by atoms with E-state index in [9.17, 15) is 9.59 Å². The molecule has 0 bridgehead atoms. The van der Waals surface area contributed by atoms with E-state index in [1.807, 2.05) is 18.2 Å². The van der Waals surface area contributed by atoms with Gasteiger partial charge in [-0.1, -0.05) is 56.0 Å². The predicted octanol–water partition coefficient (Wildman–Crippen LogP) is 6.33. The van der Waals surface area contributed by atoms with E-state index < -0.39 is 11.4 Å². The fourth-order valence-electron chi connectivity index (χ4n) is 2.71. The smallest absolute Gasteiger partial charge is 0.284 e. The highest BCUT2D eigenvalue weighted by molar-refractivity contribution is 6.27. The highest BCUT2D eigenvalue weighted by atomic mass is 35.5. The average Bonchev–Trinajstić information content (AvgIpc) is 2.71. The molecule has 29 heavy (non-hydrogen) atoms. The van der Waals surface area contributed by atoms with Crippen molar-refractivity contribution >= 4 is 53.7 Å². The van der Waals surface area contributed by atoms with Crippen LogP contribution in [-0.4, -0.2) is 26.3 Å². The summed E-state index contributed by atoms with van der Waals surface area (Å²) < 4.78 is 1.87. The van der Waals surface area contributed by atoms with Crippen LogP contribution in [0.4, 0.5) is 0 Å². The molecule has 0 spiro atoms. The standard InChI is InChI=1S/C22H24Cl2N2O2.ClH/c1-5-16-10-12-18(13-11-16)20(27)15-22(3,4)26(24)25(23)21(28)19-9-7-8-17(6-2)14-19;/h6-14H,2,5,15H2,1,3-4H3;1H. The Hall–Kier alpha value is -1.85. The Labute approximate surface area is 188 Å². The van der Waals surface area contributed by atoms with Crippen molar-refractivity contribution in [1.82, 2.24) is 9.06 Å². The van der Waals surface area contributed by atoms with Crippen molar-refractivity contribution in [3.63, 3.8) is 0 Å². The summed E-state index contributed by atoms with van der Waals surface area (Å²) in [5, 5.41) is 0. The average molecular weight is 456 g/mol. The first kappa shape index (κ1) is 25.2. The summed E-state index contributed by atoms with van der Waals surface area (Å²) >= 11 is 12.6. The number of halogens is 3. The van der Waals surface area contributed by atoms with E-state index in [2.05, 4.69) is 13.5 Å². The van der Waals surface area contributed by atoms with Gasteiger partial charge in [0, 0.05) is 41.1 Å². The Kier molecular flexibility index (Phi) is 9.37. The molecule has 1 amide bonds. The summed E-state index contributed by atoms with van der Waals surface area (Å²) in [4.78, 5) is 25.3. The molecule has 0 radical (unpaired) electrons. The molecule has 0 heterocycles. The van der Waals surface area contributed by atoms with Crippen molar-refractivity contribution in [3.05, 3.63) is 77.4 Å². The Bertz CT molecular complexity index is 867.